The first-order valence-corrected chi connectivity index (χ1v) is 5.93. The van der Waals surface area contributed by atoms with Crippen LogP contribution in [0, 0.1) is 0 Å². The number of carbonyl (C=O) groups is 2. The van der Waals surface area contributed by atoms with E-state index in [1.165, 1.54) is 0 Å². The van der Waals surface area contributed by atoms with Gasteiger partial charge in [-0.2, -0.15) is 13.2 Å². The molecule has 5 nitrogen and oxygen atoms in total. The van der Waals surface area contributed by atoms with Gasteiger partial charge in [-0.3, -0.25) is 4.79 Å². The molecule has 3 N–H and O–H groups in total. The number of carboxylic acid groups (broad SMARTS) is 1. The molecule has 0 aliphatic rings. The predicted octanol–water partition coefficient (Wildman–Crippen LogP) is 1.92. The molecular weight excluding hydrogens is 315 g/mol. The zero-order valence-corrected chi connectivity index (χ0v) is 11.4. The van der Waals surface area contributed by atoms with E-state index in [0.717, 1.165) is 13.0 Å². The number of rotatable bonds is 4. The minimum atomic E-state index is -4.67. The summed E-state index contributed by atoms with van der Waals surface area (Å²) in [5.41, 5.74) is -3.73. The standard InChI is InChI=1S/C12H11ClF3NO4/c1-11(21,10(19)20)5-17-9(18)6-2-7(12(14,15)16)4-8(13)3-6/h2-4,21H,5H2,1H3,(H,17,18)(H,19,20). The Kier molecular flexibility index (Phi) is 4.85. The molecule has 0 heterocycles. The maximum Gasteiger partial charge on any atom is 0.416 e. The summed E-state index contributed by atoms with van der Waals surface area (Å²) in [5, 5.41) is 19.8. The van der Waals surface area contributed by atoms with Crippen molar-refractivity contribution in [2.24, 2.45) is 0 Å². The molecule has 0 aliphatic heterocycles. The van der Waals surface area contributed by atoms with E-state index in [2.05, 4.69) is 0 Å². The van der Waals surface area contributed by atoms with Gasteiger partial charge in [0.05, 0.1) is 12.1 Å². The third-order valence-corrected chi connectivity index (χ3v) is 2.76. The number of carbonyl (C=O) groups excluding carboxylic acids is 1. The highest BCUT2D eigenvalue weighted by molar-refractivity contribution is 6.31. The van der Waals surface area contributed by atoms with Crippen molar-refractivity contribution in [3.8, 4) is 0 Å². The Morgan fingerprint density at radius 3 is 2.33 bits per heavy atom. The van der Waals surface area contributed by atoms with Gasteiger partial charge in [-0.05, 0) is 25.1 Å². The van der Waals surface area contributed by atoms with Crippen molar-refractivity contribution >= 4 is 23.5 Å². The van der Waals surface area contributed by atoms with Crippen molar-refractivity contribution in [2.75, 3.05) is 6.54 Å². The van der Waals surface area contributed by atoms with Crippen LogP contribution < -0.4 is 5.32 Å². The monoisotopic (exact) mass is 325 g/mol. The average Bonchev–Trinajstić information content (AvgIpc) is 2.34. The molecule has 9 heteroatoms. The Morgan fingerprint density at radius 1 is 1.29 bits per heavy atom. The van der Waals surface area contributed by atoms with Crippen LogP contribution in [0.2, 0.25) is 5.02 Å². The Morgan fingerprint density at radius 2 is 1.86 bits per heavy atom. The summed E-state index contributed by atoms with van der Waals surface area (Å²) < 4.78 is 37.8. The molecule has 0 aliphatic carbocycles. The second-order valence-corrected chi connectivity index (χ2v) is 4.92. The molecule has 1 amide bonds. The van der Waals surface area contributed by atoms with Crippen LogP contribution in [0.4, 0.5) is 13.2 Å². The number of benzene rings is 1. The second-order valence-electron chi connectivity index (χ2n) is 4.49. The fraction of sp³-hybridized carbons (Fsp3) is 0.333. The van der Waals surface area contributed by atoms with E-state index in [-0.39, 0.29) is 5.02 Å². The zero-order valence-electron chi connectivity index (χ0n) is 10.7. The van der Waals surface area contributed by atoms with Crippen molar-refractivity contribution < 1.29 is 33.0 Å². The van der Waals surface area contributed by atoms with E-state index < -0.39 is 41.3 Å². The molecular formula is C12H11ClF3NO4. The van der Waals surface area contributed by atoms with Crippen molar-refractivity contribution in [1.29, 1.82) is 0 Å². The number of nitrogens with one attached hydrogen (secondary N) is 1. The van der Waals surface area contributed by atoms with Crippen LogP contribution in [0.3, 0.4) is 0 Å². The van der Waals surface area contributed by atoms with Gasteiger partial charge in [-0.15, -0.1) is 0 Å². The first-order chi connectivity index (χ1) is 9.43. The van der Waals surface area contributed by atoms with Crippen LogP contribution >= 0.6 is 11.6 Å². The Hall–Kier alpha value is -1.80. The van der Waals surface area contributed by atoms with Gasteiger partial charge in [-0.25, -0.2) is 4.79 Å². The van der Waals surface area contributed by atoms with E-state index in [1.807, 2.05) is 5.32 Å². The van der Waals surface area contributed by atoms with Gasteiger partial charge < -0.3 is 15.5 Å². The second kappa shape index (κ2) is 5.90. The molecule has 0 saturated carbocycles. The molecule has 1 unspecified atom stereocenters. The van der Waals surface area contributed by atoms with E-state index in [0.29, 0.717) is 12.1 Å². The molecule has 0 radical (unpaired) electrons. The highest BCUT2D eigenvalue weighted by Gasteiger charge is 2.33. The van der Waals surface area contributed by atoms with E-state index >= 15 is 0 Å². The number of aliphatic hydroxyl groups is 1. The number of alkyl halides is 3. The minimum absolute atomic E-state index is 0.292. The molecule has 21 heavy (non-hydrogen) atoms. The lowest BCUT2D eigenvalue weighted by Gasteiger charge is -2.18. The molecule has 0 saturated heterocycles. The Bertz CT molecular complexity index is 572. The van der Waals surface area contributed by atoms with Gasteiger partial charge in [0.25, 0.3) is 5.91 Å². The van der Waals surface area contributed by atoms with Crippen LogP contribution in [-0.4, -0.2) is 34.2 Å². The molecule has 0 fully saturated rings. The SMILES string of the molecule is CC(O)(CNC(=O)c1cc(Cl)cc(C(F)(F)F)c1)C(=O)O. The molecule has 1 aromatic rings. The van der Waals surface area contributed by atoms with E-state index in [9.17, 15) is 27.9 Å². The topological polar surface area (TPSA) is 86.6 Å². The molecule has 0 aromatic heterocycles. The summed E-state index contributed by atoms with van der Waals surface area (Å²) in [6, 6.07) is 2.24. The lowest BCUT2D eigenvalue weighted by atomic mass is 10.1. The van der Waals surface area contributed by atoms with Gasteiger partial charge in [0.15, 0.2) is 5.60 Å². The summed E-state index contributed by atoms with van der Waals surface area (Å²) in [6.07, 6.45) is -4.67. The Balaban J connectivity index is 2.94. The number of hydrogen-bond donors (Lipinski definition) is 3. The zero-order chi connectivity index (χ0) is 16.4. The number of halogens is 4. The van der Waals surface area contributed by atoms with Gasteiger partial charge in [-0.1, -0.05) is 11.6 Å². The van der Waals surface area contributed by atoms with Crippen molar-refractivity contribution in [3.05, 3.63) is 34.3 Å². The molecule has 116 valence electrons. The van der Waals surface area contributed by atoms with Crippen LogP contribution in [0.25, 0.3) is 0 Å². The van der Waals surface area contributed by atoms with Gasteiger partial charge >= 0.3 is 12.1 Å². The molecule has 1 atom stereocenters. The number of aliphatic carboxylic acids is 1. The van der Waals surface area contributed by atoms with E-state index in [1.54, 1.807) is 0 Å². The largest absolute Gasteiger partial charge is 0.479 e. The van der Waals surface area contributed by atoms with Gasteiger partial charge in [0.2, 0.25) is 0 Å². The predicted molar refractivity (Wildman–Crippen MR) is 67.0 cm³/mol. The molecule has 0 spiro atoms. The third kappa shape index (κ3) is 4.61. The summed E-state index contributed by atoms with van der Waals surface area (Å²) in [4.78, 5) is 22.3. The van der Waals surface area contributed by atoms with Crippen molar-refractivity contribution in [3.63, 3.8) is 0 Å². The first kappa shape index (κ1) is 17.3. The summed E-state index contributed by atoms with van der Waals surface area (Å²) in [5.74, 6) is -2.56. The fourth-order valence-corrected chi connectivity index (χ4v) is 1.55. The minimum Gasteiger partial charge on any atom is -0.479 e. The highest BCUT2D eigenvalue weighted by atomic mass is 35.5. The average molecular weight is 326 g/mol. The maximum atomic E-state index is 12.6. The van der Waals surface area contributed by atoms with Crippen LogP contribution in [-0.2, 0) is 11.0 Å². The molecule has 0 bridgehead atoms. The quantitative estimate of drug-likeness (QED) is 0.789. The van der Waals surface area contributed by atoms with Crippen molar-refractivity contribution in [1.82, 2.24) is 5.32 Å². The molecule has 1 aromatic carbocycles. The smallest absolute Gasteiger partial charge is 0.416 e. The van der Waals surface area contributed by atoms with Gasteiger partial charge in [0, 0.05) is 10.6 Å². The maximum absolute atomic E-state index is 12.6. The summed E-state index contributed by atoms with van der Waals surface area (Å²) in [6.45, 7) is 0.268. The van der Waals surface area contributed by atoms with Crippen LogP contribution in [0.1, 0.15) is 22.8 Å². The molecule has 1 rings (SSSR count). The van der Waals surface area contributed by atoms with E-state index in [4.69, 9.17) is 16.7 Å². The van der Waals surface area contributed by atoms with Crippen molar-refractivity contribution in [2.45, 2.75) is 18.7 Å². The van der Waals surface area contributed by atoms with Gasteiger partial charge in [0.1, 0.15) is 0 Å². The normalized spacial score (nSPS) is 14.4. The number of hydrogen-bond acceptors (Lipinski definition) is 3. The highest BCUT2D eigenvalue weighted by Crippen LogP contribution is 2.31. The Labute approximate surface area is 122 Å². The lowest BCUT2D eigenvalue weighted by molar-refractivity contribution is -0.155. The lowest BCUT2D eigenvalue weighted by Crippen LogP contribution is -2.46. The summed E-state index contributed by atoms with van der Waals surface area (Å²) in [7, 11) is 0. The fourth-order valence-electron chi connectivity index (χ4n) is 1.31. The van der Waals surface area contributed by atoms with Crippen LogP contribution in [0.5, 0.6) is 0 Å². The van der Waals surface area contributed by atoms with Crippen LogP contribution in [0.15, 0.2) is 18.2 Å². The number of carboxylic acids is 1. The first-order valence-electron chi connectivity index (χ1n) is 5.55. The summed E-state index contributed by atoms with van der Waals surface area (Å²) >= 11 is 5.52. The number of amides is 1. The third-order valence-electron chi connectivity index (χ3n) is 2.54.